The maximum Gasteiger partial charge on any atom is 0.138 e. The first-order valence-corrected chi connectivity index (χ1v) is 6.65. The van der Waals surface area contributed by atoms with E-state index in [9.17, 15) is 4.39 Å². The Morgan fingerprint density at radius 1 is 1.38 bits per heavy atom. The molecule has 0 fully saturated rings. The van der Waals surface area contributed by atoms with Gasteiger partial charge in [-0.25, -0.2) is 4.39 Å². The van der Waals surface area contributed by atoms with Crippen molar-refractivity contribution in [1.29, 1.82) is 0 Å². The number of fused-ring (bicyclic) bond motifs is 1. The number of anilines is 2. The number of benzene rings is 1. The van der Waals surface area contributed by atoms with E-state index in [0.717, 1.165) is 24.3 Å². The summed E-state index contributed by atoms with van der Waals surface area (Å²) < 4.78 is 14.2. The largest absolute Gasteiger partial charge is 0.383 e. The van der Waals surface area contributed by atoms with Crippen molar-refractivity contribution in [2.24, 2.45) is 5.92 Å². The fourth-order valence-electron chi connectivity index (χ4n) is 1.95. The van der Waals surface area contributed by atoms with E-state index in [1.807, 2.05) is 28.7 Å². The van der Waals surface area contributed by atoms with Crippen LogP contribution in [0.25, 0.3) is 0 Å². The SMILES string of the molecule is CC(C)C1CCNc2cc(I)c(F)cc2N1. The lowest BCUT2D eigenvalue weighted by Crippen LogP contribution is -2.25. The van der Waals surface area contributed by atoms with Crippen LogP contribution >= 0.6 is 22.6 Å². The minimum absolute atomic E-state index is 0.155. The Balaban J connectivity index is 2.33. The predicted molar refractivity (Wildman–Crippen MR) is 74.5 cm³/mol. The van der Waals surface area contributed by atoms with Gasteiger partial charge in [-0.15, -0.1) is 0 Å². The molecule has 2 rings (SSSR count). The van der Waals surface area contributed by atoms with Gasteiger partial charge in [0.1, 0.15) is 5.82 Å². The minimum Gasteiger partial charge on any atom is -0.383 e. The van der Waals surface area contributed by atoms with Crippen molar-refractivity contribution < 1.29 is 4.39 Å². The molecule has 0 amide bonds. The summed E-state index contributed by atoms with van der Waals surface area (Å²) in [5.74, 6) is 0.396. The molecule has 88 valence electrons. The Bertz CT molecular complexity index is 393. The first kappa shape index (κ1) is 12.0. The van der Waals surface area contributed by atoms with Gasteiger partial charge in [0, 0.05) is 18.7 Å². The standard InChI is InChI=1S/C12H16FIN2/c1-7(2)10-3-4-15-11-6-9(14)8(13)5-12(11)16-10/h5-7,10,15-16H,3-4H2,1-2H3. The highest BCUT2D eigenvalue weighted by molar-refractivity contribution is 14.1. The second kappa shape index (κ2) is 4.77. The van der Waals surface area contributed by atoms with Crippen LogP contribution in [0.15, 0.2) is 12.1 Å². The van der Waals surface area contributed by atoms with Crippen LogP contribution in [0.3, 0.4) is 0 Å². The molecule has 1 aromatic carbocycles. The summed E-state index contributed by atoms with van der Waals surface area (Å²) in [4.78, 5) is 0. The Kier molecular flexibility index (Phi) is 3.56. The van der Waals surface area contributed by atoms with Crippen LogP contribution in [0.4, 0.5) is 15.8 Å². The lowest BCUT2D eigenvalue weighted by Gasteiger charge is -2.21. The van der Waals surface area contributed by atoms with Crippen molar-refractivity contribution in [3.8, 4) is 0 Å². The lowest BCUT2D eigenvalue weighted by molar-refractivity contribution is 0.507. The van der Waals surface area contributed by atoms with Crippen LogP contribution in [0, 0.1) is 15.3 Å². The minimum atomic E-state index is -0.155. The van der Waals surface area contributed by atoms with Crippen molar-refractivity contribution in [1.82, 2.24) is 0 Å². The summed E-state index contributed by atoms with van der Waals surface area (Å²) in [7, 11) is 0. The van der Waals surface area contributed by atoms with Gasteiger partial charge < -0.3 is 10.6 Å². The molecule has 4 heteroatoms. The van der Waals surface area contributed by atoms with E-state index in [0.29, 0.717) is 15.5 Å². The monoisotopic (exact) mass is 334 g/mol. The maximum atomic E-state index is 13.5. The van der Waals surface area contributed by atoms with Gasteiger partial charge >= 0.3 is 0 Å². The third-order valence-electron chi connectivity index (χ3n) is 2.98. The zero-order chi connectivity index (χ0) is 11.7. The quantitative estimate of drug-likeness (QED) is 0.766. The van der Waals surface area contributed by atoms with E-state index >= 15 is 0 Å². The average Bonchev–Trinajstić information content (AvgIpc) is 2.41. The summed E-state index contributed by atoms with van der Waals surface area (Å²) in [5, 5.41) is 6.77. The highest BCUT2D eigenvalue weighted by Gasteiger charge is 2.19. The normalized spacial score (nSPS) is 19.7. The molecule has 2 N–H and O–H groups in total. The van der Waals surface area contributed by atoms with E-state index in [4.69, 9.17) is 0 Å². The molecule has 1 atom stereocenters. The summed E-state index contributed by atoms with van der Waals surface area (Å²) in [6.07, 6.45) is 1.06. The topological polar surface area (TPSA) is 24.1 Å². The van der Waals surface area contributed by atoms with Gasteiger partial charge in [-0.1, -0.05) is 13.8 Å². The third kappa shape index (κ3) is 2.42. The molecule has 16 heavy (non-hydrogen) atoms. The molecule has 0 aliphatic carbocycles. The molecule has 0 saturated heterocycles. The van der Waals surface area contributed by atoms with Crippen molar-refractivity contribution in [2.45, 2.75) is 26.3 Å². The van der Waals surface area contributed by atoms with Gasteiger partial charge in [-0.2, -0.15) is 0 Å². The molecule has 1 unspecified atom stereocenters. The van der Waals surface area contributed by atoms with E-state index in [1.165, 1.54) is 0 Å². The Morgan fingerprint density at radius 2 is 2.12 bits per heavy atom. The van der Waals surface area contributed by atoms with Crippen LogP contribution in [-0.2, 0) is 0 Å². The maximum absolute atomic E-state index is 13.5. The van der Waals surface area contributed by atoms with Crippen LogP contribution in [-0.4, -0.2) is 12.6 Å². The van der Waals surface area contributed by atoms with Crippen LogP contribution in [0.1, 0.15) is 20.3 Å². The lowest BCUT2D eigenvalue weighted by atomic mass is 10.0. The Labute approximate surface area is 109 Å². The zero-order valence-electron chi connectivity index (χ0n) is 9.48. The summed E-state index contributed by atoms with van der Waals surface area (Å²) in [6, 6.07) is 3.86. The zero-order valence-corrected chi connectivity index (χ0v) is 11.6. The Morgan fingerprint density at radius 3 is 2.81 bits per heavy atom. The first-order valence-electron chi connectivity index (χ1n) is 5.57. The van der Waals surface area contributed by atoms with E-state index in [-0.39, 0.29) is 5.82 Å². The second-order valence-corrected chi connectivity index (χ2v) is 5.68. The van der Waals surface area contributed by atoms with Gasteiger partial charge in [0.2, 0.25) is 0 Å². The molecular formula is C12H16FIN2. The summed E-state index contributed by atoms with van der Waals surface area (Å²) in [5.41, 5.74) is 1.89. The van der Waals surface area contributed by atoms with Crippen molar-refractivity contribution >= 4 is 34.0 Å². The molecule has 0 radical (unpaired) electrons. The first-order chi connectivity index (χ1) is 7.58. The van der Waals surface area contributed by atoms with Crippen LogP contribution in [0.2, 0.25) is 0 Å². The van der Waals surface area contributed by atoms with Gasteiger partial charge in [-0.3, -0.25) is 0 Å². The smallest absolute Gasteiger partial charge is 0.138 e. The highest BCUT2D eigenvalue weighted by Crippen LogP contribution is 2.30. The van der Waals surface area contributed by atoms with E-state index < -0.39 is 0 Å². The fraction of sp³-hybridized carbons (Fsp3) is 0.500. The molecule has 1 aromatic rings. The van der Waals surface area contributed by atoms with E-state index in [1.54, 1.807) is 6.07 Å². The molecule has 0 bridgehead atoms. The van der Waals surface area contributed by atoms with Crippen molar-refractivity contribution in [3.05, 3.63) is 21.5 Å². The molecule has 2 nitrogen and oxygen atoms in total. The number of hydrogen-bond acceptors (Lipinski definition) is 2. The number of halogens is 2. The fourth-order valence-corrected chi connectivity index (χ4v) is 2.41. The molecule has 0 saturated carbocycles. The van der Waals surface area contributed by atoms with Gasteiger partial charge in [0.15, 0.2) is 0 Å². The molecular weight excluding hydrogens is 318 g/mol. The Hall–Kier alpha value is -0.520. The molecule has 1 aliphatic heterocycles. The van der Waals surface area contributed by atoms with Gasteiger partial charge in [-0.05, 0) is 41.0 Å². The van der Waals surface area contributed by atoms with Crippen molar-refractivity contribution in [2.75, 3.05) is 17.2 Å². The highest BCUT2D eigenvalue weighted by atomic mass is 127. The van der Waals surface area contributed by atoms with Crippen molar-refractivity contribution in [3.63, 3.8) is 0 Å². The average molecular weight is 334 g/mol. The second-order valence-electron chi connectivity index (χ2n) is 4.52. The number of rotatable bonds is 1. The summed E-state index contributed by atoms with van der Waals surface area (Å²) in [6.45, 7) is 5.31. The summed E-state index contributed by atoms with van der Waals surface area (Å²) >= 11 is 2.02. The molecule has 1 aliphatic rings. The van der Waals surface area contributed by atoms with Crippen LogP contribution < -0.4 is 10.6 Å². The van der Waals surface area contributed by atoms with Crippen LogP contribution in [0.5, 0.6) is 0 Å². The van der Waals surface area contributed by atoms with Gasteiger partial charge in [0.25, 0.3) is 0 Å². The molecule has 0 spiro atoms. The molecule has 0 aromatic heterocycles. The predicted octanol–water partition coefficient (Wildman–Crippen LogP) is 3.68. The number of hydrogen-bond donors (Lipinski definition) is 2. The van der Waals surface area contributed by atoms with E-state index in [2.05, 4.69) is 24.5 Å². The third-order valence-corrected chi connectivity index (χ3v) is 3.80. The molecule has 1 heterocycles. The number of nitrogens with one attached hydrogen (secondary N) is 2. The van der Waals surface area contributed by atoms with Gasteiger partial charge in [0.05, 0.1) is 14.9 Å².